The summed E-state index contributed by atoms with van der Waals surface area (Å²) in [5, 5.41) is 8.20. The van der Waals surface area contributed by atoms with Crippen LogP contribution >= 0.6 is 0 Å². The van der Waals surface area contributed by atoms with Crippen LogP contribution in [-0.2, 0) is 9.53 Å². The standard InChI is InChI=1S/C15H20N4O4/c1-3-23-15(22)18-12-6-4-11(5-7-12)17-10(2)13(20)19-9-8-16-14(19)21/h4-7,10,17H,3,8-9H2,1-2H3,(H,16,21)(H,18,22). The van der Waals surface area contributed by atoms with E-state index in [0.29, 0.717) is 31.1 Å². The lowest BCUT2D eigenvalue weighted by Gasteiger charge is -2.19. The van der Waals surface area contributed by atoms with Gasteiger partial charge in [0.15, 0.2) is 0 Å². The maximum Gasteiger partial charge on any atom is 0.411 e. The van der Waals surface area contributed by atoms with E-state index in [1.54, 1.807) is 38.1 Å². The number of imide groups is 1. The third-order valence-corrected chi connectivity index (χ3v) is 3.28. The van der Waals surface area contributed by atoms with E-state index in [0.717, 1.165) is 0 Å². The van der Waals surface area contributed by atoms with Gasteiger partial charge >= 0.3 is 12.1 Å². The summed E-state index contributed by atoms with van der Waals surface area (Å²) in [7, 11) is 0. The second kappa shape index (κ2) is 7.48. The summed E-state index contributed by atoms with van der Waals surface area (Å²) in [6, 6.07) is 5.95. The predicted molar refractivity (Wildman–Crippen MR) is 85.3 cm³/mol. The molecule has 0 spiro atoms. The normalized spacial score (nSPS) is 14.9. The van der Waals surface area contributed by atoms with Crippen LogP contribution in [0.3, 0.4) is 0 Å². The zero-order valence-electron chi connectivity index (χ0n) is 13.1. The first-order chi connectivity index (χ1) is 11.0. The smallest absolute Gasteiger partial charge is 0.411 e. The molecule has 0 aromatic heterocycles. The first kappa shape index (κ1) is 16.6. The number of rotatable bonds is 5. The van der Waals surface area contributed by atoms with Gasteiger partial charge in [-0.3, -0.25) is 15.0 Å². The molecule has 1 saturated heterocycles. The first-order valence-corrected chi connectivity index (χ1v) is 7.41. The maximum atomic E-state index is 12.2. The molecule has 0 bridgehead atoms. The van der Waals surface area contributed by atoms with Crippen LogP contribution in [0.25, 0.3) is 0 Å². The van der Waals surface area contributed by atoms with Crippen molar-refractivity contribution >= 4 is 29.4 Å². The number of carbonyl (C=O) groups is 3. The largest absolute Gasteiger partial charge is 0.450 e. The Kier molecular flexibility index (Phi) is 5.40. The summed E-state index contributed by atoms with van der Waals surface area (Å²) in [6.07, 6.45) is -0.517. The van der Waals surface area contributed by atoms with Crippen LogP contribution in [0.2, 0.25) is 0 Å². The van der Waals surface area contributed by atoms with Crippen LogP contribution in [0.1, 0.15) is 13.8 Å². The Morgan fingerprint density at radius 3 is 2.52 bits per heavy atom. The SMILES string of the molecule is CCOC(=O)Nc1ccc(NC(C)C(=O)N2CCNC2=O)cc1. The van der Waals surface area contributed by atoms with E-state index in [1.807, 2.05) is 0 Å². The van der Waals surface area contributed by atoms with Gasteiger partial charge in [-0.2, -0.15) is 0 Å². The fourth-order valence-electron chi connectivity index (χ4n) is 2.16. The van der Waals surface area contributed by atoms with Gasteiger partial charge in [0.25, 0.3) is 5.91 Å². The van der Waals surface area contributed by atoms with Gasteiger partial charge in [-0.05, 0) is 38.1 Å². The van der Waals surface area contributed by atoms with E-state index in [2.05, 4.69) is 16.0 Å². The zero-order valence-corrected chi connectivity index (χ0v) is 13.1. The van der Waals surface area contributed by atoms with E-state index >= 15 is 0 Å². The molecule has 0 aliphatic carbocycles. The number of benzene rings is 1. The van der Waals surface area contributed by atoms with Gasteiger partial charge in [0.2, 0.25) is 0 Å². The van der Waals surface area contributed by atoms with Crippen LogP contribution < -0.4 is 16.0 Å². The van der Waals surface area contributed by atoms with Crippen molar-refractivity contribution < 1.29 is 19.1 Å². The van der Waals surface area contributed by atoms with E-state index in [-0.39, 0.29) is 11.9 Å². The molecule has 1 atom stereocenters. The highest BCUT2D eigenvalue weighted by molar-refractivity contribution is 5.99. The van der Waals surface area contributed by atoms with Gasteiger partial charge in [0.05, 0.1) is 6.61 Å². The van der Waals surface area contributed by atoms with Gasteiger partial charge in [0.1, 0.15) is 6.04 Å². The Hall–Kier alpha value is -2.77. The topological polar surface area (TPSA) is 99.8 Å². The Bertz CT molecular complexity index is 588. The van der Waals surface area contributed by atoms with Gasteiger partial charge < -0.3 is 15.4 Å². The third kappa shape index (κ3) is 4.35. The number of nitrogens with one attached hydrogen (secondary N) is 3. The van der Waals surface area contributed by atoms with Crippen molar-refractivity contribution in [3.63, 3.8) is 0 Å². The first-order valence-electron chi connectivity index (χ1n) is 7.41. The summed E-state index contributed by atoms with van der Waals surface area (Å²) in [5.41, 5.74) is 1.30. The van der Waals surface area contributed by atoms with Crippen molar-refractivity contribution in [2.24, 2.45) is 0 Å². The Balaban J connectivity index is 1.91. The zero-order chi connectivity index (χ0) is 16.8. The van der Waals surface area contributed by atoms with Crippen molar-refractivity contribution in [3.05, 3.63) is 24.3 Å². The molecule has 1 aromatic carbocycles. The van der Waals surface area contributed by atoms with Crippen LogP contribution in [0, 0.1) is 0 Å². The molecule has 0 saturated carbocycles. The molecule has 4 amide bonds. The number of carbonyl (C=O) groups excluding carboxylic acids is 3. The molecule has 3 N–H and O–H groups in total. The number of ether oxygens (including phenoxy) is 1. The van der Waals surface area contributed by atoms with E-state index < -0.39 is 12.1 Å². The molecule has 1 aromatic rings. The summed E-state index contributed by atoms with van der Waals surface area (Å²) < 4.78 is 4.79. The molecule has 124 valence electrons. The van der Waals surface area contributed by atoms with Crippen LogP contribution in [0.15, 0.2) is 24.3 Å². The van der Waals surface area contributed by atoms with E-state index in [9.17, 15) is 14.4 Å². The number of urea groups is 1. The van der Waals surface area contributed by atoms with E-state index in [1.165, 1.54) is 4.90 Å². The Morgan fingerprint density at radius 2 is 1.96 bits per heavy atom. The molecule has 1 aliphatic heterocycles. The van der Waals surface area contributed by atoms with Crippen molar-refractivity contribution in [1.82, 2.24) is 10.2 Å². The monoisotopic (exact) mass is 320 g/mol. The summed E-state index contributed by atoms with van der Waals surface area (Å²) >= 11 is 0. The lowest BCUT2D eigenvalue weighted by molar-refractivity contribution is -0.128. The molecule has 2 rings (SSSR count). The van der Waals surface area contributed by atoms with Crippen LogP contribution in [-0.4, -0.2) is 48.7 Å². The average molecular weight is 320 g/mol. The van der Waals surface area contributed by atoms with Crippen molar-refractivity contribution in [2.75, 3.05) is 30.3 Å². The highest BCUT2D eigenvalue weighted by Crippen LogP contribution is 2.15. The summed E-state index contributed by atoms with van der Waals surface area (Å²) in [5.74, 6) is -0.284. The molecule has 1 heterocycles. The average Bonchev–Trinajstić information content (AvgIpc) is 2.94. The molecule has 1 fully saturated rings. The van der Waals surface area contributed by atoms with Gasteiger partial charge in [-0.1, -0.05) is 0 Å². The highest BCUT2D eigenvalue weighted by Gasteiger charge is 2.29. The van der Waals surface area contributed by atoms with Crippen molar-refractivity contribution in [3.8, 4) is 0 Å². The van der Waals surface area contributed by atoms with Crippen molar-refractivity contribution in [2.45, 2.75) is 19.9 Å². The Labute approximate surface area is 134 Å². The second-order valence-corrected chi connectivity index (χ2v) is 5.01. The number of hydrogen-bond donors (Lipinski definition) is 3. The molecule has 0 radical (unpaired) electrons. The lowest BCUT2D eigenvalue weighted by atomic mass is 10.2. The molecular formula is C15H20N4O4. The number of anilines is 2. The quantitative estimate of drug-likeness (QED) is 0.765. The molecule has 1 unspecified atom stereocenters. The van der Waals surface area contributed by atoms with Gasteiger partial charge in [-0.25, -0.2) is 9.59 Å². The highest BCUT2D eigenvalue weighted by atomic mass is 16.5. The van der Waals surface area contributed by atoms with Crippen LogP contribution in [0.4, 0.5) is 21.0 Å². The molecule has 8 heteroatoms. The summed E-state index contributed by atoms with van der Waals surface area (Å²) in [4.78, 5) is 36.2. The van der Waals surface area contributed by atoms with Gasteiger partial charge in [-0.15, -0.1) is 0 Å². The molecule has 1 aliphatic rings. The minimum absolute atomic E-state index is 0.284. The minimum Gasteiger partial charge on any atom is -0.450 e. The van der Waals surface area contributed by atoms with E-state index in [4.69, 9.17) is 4.74 Å². The predicted octanol–water partition coefficient (Wildman–Crippen LogP) is 1.61. The molecule has 23 heavy (non-hydrogen) atoms. The van der Waals surface area contributed by atoms with Gasteiger partial charge in [0, 0.05) is 24.5 Å². The fourth-order valence-corrected chi connectivity index (χ4v) is 2.16. The number of hydrogen-bond acceptors (Lipinski definition) is 5. The minimum atomic E-state index is -0.539. The number of amides is 4. The summed E-state index contributed by atoms with van der Waals surface area (Å²) in [6.45, 7) is 4.58. The maximum absolute atomic E-state index is 12.2. The molecular weight excluding hydrogens is 300 g/mol. The third-order valence-electron chi connectivity index (χ3n) is 3.28. The molecule has 8 nitrogen and oxygen atoms in total. The number of nitrogens with zero attached hydrogens (tertiary/aromatic N) is 1. The van der Waals surface area contributed by atoms with Crippen molar-refractivity contribution in [1.29, 1.82) is 0 Å². The lowest BCUT2D eigenvalue weighted by Crippen LogP contribution is -2.43. The Morgan fingerprint density at radius 1 is 1.30 bits per heavy atom. The van der Waals surface area contributed by atoms with Crippen LogP contribution in [0.5, 0.6) is 0 Å². The fraction of sp³-hybridized carbons (Fsp3) is 0.400. The second-order valence-electron chi connectivity index (χ2n) is 5.01.